The first kappa shape index (κ1) is 12.1. The van der Waals surface area contributed by atoms with Gasteiger partial charge >= 0.3 is 5.97 Å². The smallest absolute Gasteiger partial charge is 0.322 e. The number of hydrogen-bond donors (Lipinski definition) is 2. The van der Waals surface area contributed by atoms with E-state index in [9.17, 15) is 4.79 Å². The van der Waals surface area contributed by atoms with Crippen LogP contribution in [0.15, 0.2) is 15.8 Å². The van der Waals surface area contributed by atoms with Crippen LogP contribution in [0.5, 0.6) is 0 Å². The summed E-state index contributed by atoms with van der Waals surface area (Å²) >= 11 is 4.69. The van der Waals surface area contributed by atoms with Gasteiger partial charge in [-0.05, 0) is 22.2 Å². The molecule has 0 saturated carbocycles. The van der Waals surface area contributed by atoms with E-state index in [0.29, 0.717) is 16.8 Å². The minimum absolute atomic E-state index is 0.225. The van der Waals surface area contributed by atoms with Gasteiger partial charge in [0.15, 0.2) is 10.8 Å². The number of hydrogen-bond acceptors (Lipinski definition) is 6. The van der Waals surface area contributed by atoms with Crippen molar-refractivity contribution in [1.29, 1.82) is 0 Å². The number of thioether (sulfide) groups is 1. The van der Waals surface area contributed by atoms with E-state index in [4.69, 9.17) is 5.11 Å². The molecule has 0 radical (unpaired) electrons. The van der Waals surface area contributed by atoms with Crippen LogP contribution in [-0.4, -0.2) is 43.5 Å². The molecule has 2 heterocycles. The second-order valence-corrected chi connectivity index (χ2v) is 4.64. The molecule has 0 bridgehead atoms. The second kappa shape index (κ2) is 4.88. The molecule has 0 aliphatic heterocycles. The third-order valence-electron chi connectivity index (χ3n) is 1.88. The number of nitrogens with one attached hydrogen (secondary N) is 1. The number of rotatable bonds is 4. The third-order valence-corrected chi connectivity index (χ3v) is 2.99. The maximum Gasteiger partial charge on any atom is 0.322 e. The first-order chi connectivity index (χ1) is 8.11. The number of carboxylic acids is 1. The van der Waals surface area contributed by atoms with E-state index in [-0.39, 0.29) is 6.54 Å². The molecule has 0 amide bonds. The van der Waals surface area contributed by atoms with Gasteiger partial charge in [-0.25, -0.2) is 4.98 Å². The van der Waals surface area contributed by atoms with Crippen LogP contribution < -0.4 is 5.32 Å². The normalized spacial score (nSPS) is 10.7. The number of aromatic nitrogens is 4. The summed E-state index contributed by atoms with van der Waals surface area (Å²) in [4.78, 5) is 18.9. The molecule has 17 heavy (non-hydrogen) atoms. The number of carboxylic acid groups (broad SMARTS) is 1. The van der Waals surface area contributed by atoms with Crippen LogP contribution in [-0.2, 0) is 4.79 Å². The van der Waals surface area contributed by atoms with E-state index < -0.39 is 5.97 Å². The number of aliphatic carboxylic acids is 1. The van der Waals surface area contributed by atoms with E-state index >= 15 is 0 Å². The first-order valence-electron chi connectivity index (χ1n) is 4.52. The van der Waals surface area contributed by atoms with Crippen LogP contribution in [0.4, 0.5) is 5.95 Å². The van der Waals surface area contributed by atoms with Crippen molar-refractivity contribution >= 4 is 45.3 Å². The predicted molar refractivity (Wildman–Crippen MR) is 66.4 cm³/mol. The Balaban J connectivity index is 2.47. The lowest BCUT2D eigenvalue weighted by Crippen LogP contribution is -2.16. The predicted octanol–water partition coefficient (Wildman–Crippen LogP) is 1.11. The number of carbonyl (C=O) groups is 1. The monoisotopic (exact) mass is 317 g/mol. The number of anilines is 1. The fourth-order valence-electron chi connectivity index (χ4n) is 1.19. The summed E-state index contributed by atoms with van der Waals surface area (Å²) in [6.45, 7) is -0.225. The van der Waals surface area contributed by atoms with Crippen molar-refractivity contribution in [2.75, 3.05) is 18.1 Å². The van der Waals surface area contributed by atoms with Crippen molar-refractivity contribution in [3.63, 3.8) is 0 Å². The van der Waals surface area contributed by atoms with Crippen LogP contribution in [0, 0.1) is 0 Å². The fraction of sp³-hybridized carbons (Fsp3) is 0.250. The van der Waals surface area contributed by atoms with Gasteiger partial charge in [0.25, 0.3) is 0 Å². The van der Waals surface area contributed by atoms with E-state index in [0.717, 1.165) is 4.47 Å². The Kier molecular flexibility index (Phi) is 3.48. The highest BCUT2D eigenvalue weighted by Crippen LogP contribution is 2.20. The molecule has 90 valence electrons. The fourth-order valence-corrected chi connectivity index (χ4v) is 1.90. The lowest BCUT2D eigenvalue weighted by Gasteiger charge is -2.06. The van der Waals surface area contributed by atoms with E-state index in [1.165, 1.54) is 16.3 Å². The molecule has 2 N–H and O–H groups in total. The molecule has 0 spiro atoms. The molecule has 2 aromatic heterocycles. The zero-order chi connectivity index (χ0) is 12.4. The molecule has 0 atom stereocenters. The molecule has 0 unspecified atom stereocenters. The van der Waals surface area contributed by atoms with Crippen molar-refractivity contribution in [2.24, 2.45) is 0 Å². The van der Waals surface area contributed by atoms with Crippen LogP contribution in [0.25, 0.3) is 5.65 Å². The summed E-state index contributed by atoms with van der Waals surface area (Å²) in [6, 6.07) is 0. The Bertz CT molecular complexity index is 572. The molecule has 7 nitrogen and oxygen atoms in total. The Hall–Kier alpha value is -1.35. The topological polar surface area (TPSA) is 92.4 Å². The van der Waals surface area contributed by atoms with Gasteiger partial charge in [-0.3, -0.25) is 4.79 Å². The van der Waals surface area contributed by atoms with Crippen molar-refractivity contribution < 1.29 is 9.90 Å². The van der Waals surface area contributed by atoms with E-state index in [1.807, 2.05) is 6.26 Å². The van der Waals surface area contributed by atoms with Gasteiger partial charge in [0.05, 0.1) is 10.7 Å². The van der Waals surface area contributed by atoms with Gasteiger partial charge in [0, 0.05) is 0 Å². The second-order valence-electron chi connectivity index (χ2n) is 3.01. The van der Waals surface area contributed by atoms with Crippen LogP contribution in [0.3, 0.4) is 0 Å². The average molecular weight is 318 g/mol. The Morgan fingerprint density at radius 3 is 3.06 bits per heavy atom. The van der Waals surface area contributed by atoms with Crippen LogP contribution in [0.2, 0.25) is 0 Å². The highest BCUT2D eigenvalue weighted by Gasteiger charge is 2.11. The summed E-state index contributed by atoms with van der Waals surface area (Å²) in [5.74, 6) is -0.610. The average Bonchev–Trinajstić information content (AvgIpc) is 2.68. The Morgan fingerprint density at radius 2 is 2.41 bits per heavy atom. The molecule has 2 aromatic rings. The number of halogens is 1. The molecular weight excluding hydrogens is 310 g/mol. The van der Waals surface area contributed by atoms with Crippen molar-refractivity contribution in [3.8, 4) is 0 Å². The summed E-state index contributed by atoms with van der Waals surface area (Å²) in [6.07, 6.45) is 3.43. The molecule has 2 rings (SSSR count). The van der Waals surface area contributed by atoms with Crippen molar-refractivity contribution in [1.82, 2.24) is 19.6 Å². The molecule has 0 aromatic carbocycles. The summed E-state index contributed by atoms with van der Waals surface area (Å²) in [5.41, 5.74) is 0.595. The zero-order valence-electron chi connectivity index (χ0n) is 8.71. The molecule has 0 fully saturated rings. The van der Waals surface area contributed by atoms with Gasteiger partial charge in [-0.15, -0.1) is 0 Å². The maximum absolute atomic E-state index is 10.5. The number of fused-ring (bicyclic) bond motifs is 1. The highest BCUT2D eigenvalue weighted by atomic mass is 79.9. The minimum Gasteiger partial charge on any atom is -0.480 e. The van der Waals surface area contributed by atoms with Crippen molar-refractivity contribution in [3.05, 3.63) is 10.7 Å². The Labute approximate surface area is 109 Å². The molecule has 0 saturated heterocycles. The van der Waals surface area contributed by atoms with Gasteiger partial charge in [-0.2, -0.15) is 14.6 Å². The summed E-state index contributed by atoms with van der Waals surface area (Å²) in [5, 5.41) is 15.9. The quantitative estimate of drug-likeness (QED) is 0.816. The van der Waals surface area contributed by atoms with Crippen molar-refractivity contribution in [2.45, 2.75) is 5.16 Å². The summed E-state index contributed by atoms with van der Waals surface area (Å²) < 4.78 is 2.18. The highest BCUT2D eigenvalue weighted by molar-refractivity contribution is 9.10. The number of nitrogens with zero attached hydrogens (tertiary/aromatic N) is 4. The minimum atomic E-state index is -0.964. The van der Waals surface area contributed by atoms with Crippen LogP contribution >= 0.6 is 27.7 Å². The zero-order valence-corrected chi connectivity index (χ0v) is 11.1. The molecular formula is C8H8BrN5O2S. The molecule has 0 aliphatic carbocycles. The van der Waals surface area contributed by atoms with E-state index in [1.54, 1.807) is 6.20 Å². The first-order valence-corrected chi connectivity index (χ1v) is 6.54. The lowest BCUT2D eigenvalue weighted by atomic mass is 10.6. The van der Waals surface area contributed by atoms with Gasteiger partial charge < -0.3 is 10.4 Å². The lowest BCUT2D eigenvalue weighted by molar-refractivity contribution is -0.134. The SMILES string of the molecule is CSc1nc(NCC(=O)O)n2ncc(Br)c2n1. The summed E-state index contributed by atoms with van der Waals surface area (Å²) in [7, 11) is 0. The third kappa shape index (κ3) is 2.50. The Morgan fingerprint density at radius 1 is 1.65 bits per heavy atom. The van der Waals surface area contributed by atoms with E-state index in [2.05, 4.69) is 36.3 Å². The van der Waals surface area contributed by atoms with Gasteiger partial charge in [0.1, 0.15) is 6.54 Å². The van der Waals surface area contributed by atoms with Gasteiger partial charge in [0.2, 0.25) is 5.95 Å². The van der Waals surface area contributed by atoms with Gasteiger partial charge in [-0.1, -0.05) is 11.8 Å². The van der Waals surface area contributed by atoms with Crippen LogP contribution in [0.1, 0.15) is 0 Å². The molecule has 0 aliphatic rings. The maximum atomic E-state index is 10.5. The standard InChI is InChI=1S/C8H8BrN5O2S/c1-17-8-12-6-4(9)2-11-14(6)7(13-8)10-3-5(15)16/h2H,3H2,1H3,(H,15,16)(H,10,12,13). The largest absolute Gasteiger partial charge is 0.480 e. The molecule has 9 heteroatoms.